The molecule has 0 saturated heterocycles. The maximum absolute atomic E-state index is 12.4. The number of aliphatic hydroxyl groups excluding tert-OH is 3. The van der Waals surface area contributed by atoms with Crippen molar-refractivity contribution in [3.8, 4) is 0 Å². The molecule has 0 aliphatic heterocycles. The third-order valence-corrected chi connectivity index (χ3v) is 11.3. The molecule has 0 aliphatic carbocycles. The van der Waals surface area contributed by atoms with E-state index in [1.807, 2.05) is 6.08 Å². The summed E-state index contributed by atoms with van der Waals surface area (Å²) in [6, 6.07) is -0.620. The van der Waals surface area contributed by atoms with E-state index in [1.165, 1.54) is 218 Å². The lowest BCUT2D eigenvalue weighted by Gasteiger charge is -2.20. The van der Waals surface area contributed by atoms with E-state index in [0.717, 1.165) is 32.1 Å². The van der Waals surface area contributed by atoms with Crippen molar-refractivity contribution in [1.29, 1.82) is 0 Å². The van der Waals surface area contributed by atoms with Crippen molar-refractivity contribution in [1.82, 2.24) is 5.32 Å². The molecule has 5 nitrogen and oxygen atoms in total. The second kappa shape index (κ2) is 45.5. The van der Waals surface area contributed by atoms with E-state index < -0.39 is 12.1 Å². The van der Waals surface area contributed by atoms with E-state index in [0.29, 0.717) is 13.0 Å². The number of amides is 1. The van der Waals surface area contributed by atoms with Gasteiger partial charge < -0.3 is 20.6 Å². The van der Waals surface area contributed by atoms with Gasteiger partial charge in [0.15, 0.2) is 0 Å². The maximum atomic E-state index is 12.4. The Balaban J connectivity index is 3.42. The van der Waals surface area contributed by atoms with Crippen molar-refractivity contribution < 1.29 is 20.1 Å². The van der Waals surface area contributed by atoms with E-state index in [9.17, 15) is 15.0 Å². The average molecular weight is 750 g/mol. The van der Waals surface area contributed by atoms with Crippen LogP contribution in [0.4, 0.5) is 0 Å². The minimum Gasteiger partial charge on any atom is -0.396 e. The van der Waals surface area contributed by atoms with E-state index in [2.05, 4.69) is 12.2 Å². The van der Waals surface area contributed by atoms with Gasteiger partial charge in [0.05, 0.1) is 18.8 Å². The molecule has 0 saturated carbocycles. The standard InChI is InChI=1S/C48H95NO4/c1-2-3-4-5-6-7-8-24-27-30-33-36-39-42-47(52)46(45-51)49-48(53)43-40-37-34-31-28-25-22-20-18-16-14-12-10-9-11-13-15-17-19-21-23-26-29-32-35-38-41-44-50/h39,42,46-47,50-52H,2-38,40-41,43-45H2,1H3,(H,49,53)/b42-39+/t46-,47+/m0/s1. The summed E-state index contributed by atoms with van der Waals surface area (Å²) < 4.78 is 0. The molecule has 0 aliphatic rings. The summed E-state index contributed by atoms with van der Waals surface area (Å²) in [7, 11) is 0. The van der Waals surface area contributed by atoms with Crippen molar-refractivity contribution in [3.05, 3.63) is 12.2 Å². The van der Waals surface area contributed by atoms with Gasteiger partial charge in [-0.1, -0.05) is 244 Å². The van der Waals surface area contributed by atoms with Crippen molar-refractivity contribution in [2.24, 2.45) is 0 Å². The van der Waals surface area contributed by atoms with Gasteiger partial charge >= 0.3 is 0 Å². The van der Waals surface area contributed by atoms with Crippen LogP contribution in [0.1, 0.15) is 264 Å². The monoisotopic (exact) mass is 750 g/mol. The summed E-state index contributed by atoms with van der Waals surface area (Å²) >= 11 is 0. The highest BCUT2D eigenvalue weighted by atomic mass is 16.3. The van der Waals surface area contributed by atoms with E-state index in [1.54, 1.807) is 6.08 Å². The third kappa shape index (κ3) is 42.1. The van der Waals surface area contributed by atoms with Crippen LogP contribution in [-0.2, 0) is 4.79 Å². The summed E-state index contributed by atoms with van der Waals surface area (Å²) in [4.78, 5) is 12.4. The maximum Gasteiger partial charge on any atom is 0.220 e. The van der Waals surface area contributed by atoms with E-state index >= 15 is 0 Å². The fourth-order valence-corrected chi connectivity index (χ4v) is 7.63. The highest BCUT2D eigenvalue weighted by Crippen LogP contribution is 2.17. The summed E-state index contributed by atoms with van der Waals surface area (Å²) in [5, 5.41) is 31.8. The number of allylic oxidation sites excluding steroid dienone is 1. The molecule has 0 aromatic carbocycles. The number of aliphatic hydroxyl groups is 3. The topological polar surface area (TPSA) is 89.8 Å². The fourth-order valence-electron chi connectivity index (χ4n) is 7.63. The molecule has 4 N–H and O–H groups in total. The zero-order valence-corrected chi connectivity index (χ0v) is 35.8. The Bertz CT molecular complexity index is 728. The Kier molecular flexibility index (Phi) is 44.7. The zero-order valence-electron chi connectivity index (χ0n) is 35.8. The van der Waals surface area contributed by atoms with Crippen LogP contribution in [0.15, 0.2) is 12.2 Å². The van der Waals surface area contributed by atoms with E-state index in [-0.39, 0.29) is 12.5 Å². The average Bonchev–Trinajstić information content (AvgIpc) is 3.16. The smallest absolute Gasteiger partial charge is 0.220 e. The van der Waals surface area contributed by atoms with Gasteiger partial charge in [0.2, 0.25) is 5.91 Å². The first kappa shape index (κ1) is 52.1. The third-order valence-electron chi connectivity index (χ3n) is 11.3. The molecule has 53 heavy (non-hydrogen) atoms. The Labute approximate surface area is 331 Å². The number of hydrogen-bond acceptors (Lipinski definition) is 4. The lowest BCUT2D eigenvalue weighted by molar-refractivity contribution is -0.123. The largest absolute Gasteiger partial charge is 0.396 e. The fraction of sp³-hybridized carbons (Fsp3) is 0.938. The van der Waals surface area contributed by atoms with Crippen molar-refractivity contribution in [2.75, 3.05) is 13.2 Å². The number of hydrogen-bond donors (Lipinski definition) is 4. The van der Waals surface area contributed by atoms with Gasteiger partial charge in [-0.2, -0.15) is 0 Å². The molecule has 0 spiro atoms. The number of carbonyl (C=O) groups excluding carboxylic acids is 1. The molecule has 0 bridgehead atoms. The quantitative estimate of drug-likeness (QED) is 0.0369. The van der Waals surface area contributed by atoms with Gasteiger partial charge in [-0.25, -0.2) is 0 Å². The summed E-state index contributed by atoms with van der Waals surface area (Å²) in [5.74, 6) is -0.0628. The van der Waals surface area contributed by atoms with Crippen LogP contribution in [-0.4, -0.2) is 46.6 Å². The first-order valence-corrected chi connectivity index (χ1v) is 24.0. The highest BCUT2D eigenvalue weighted by Gasteiger charge is 2.18. The minimum absolute atomic E-state index is 0.0628. The molecule has 0 heterocycles. The molecule has 0 fully saturated rings. The van der Waals surface area contributed by atoms with Crippen LogP contribution in [0.25, 0.3) is 0 Å². The zero-order chi connectivity index (χ0) is 38.6. The Hall–Kier alpha value is -0.910. The van der Waals surface area contributed by atoms with Crippen molar-refractivity contribution >= 4 is 5.91 Å². The molecule has 0 aromatic heterocycles. The molecule has 0 rings (SSSR count). The molecule has 316 valence electrons. The van der Waals surface area contributed by atoms with Gasteiger partial charge in [-0.15, -0.1) is 0 Å². The highest BCUT2D eigenvalue weighted by molar-refractivity contribution is 5.76. The van der Waals surface area contributed by atoms with Crippen molar-refractivity contribution in [3.63, 3.8) is 0 Å². The molecular formula is C48H95NO4. The number of rotatable bonds is 45. The molecule has 0 aromatic rings. The van der Waals surface area contributed by atoms with Gasteiger partial charge in [-0.05, 0) is 25.7 Å². The molecule has 5 heteroatoms. The lowest BCUT2D eigenvalue weighted by atomic mass is 10.0. The normalized spacial score (nSPS) is 12.9. The predicted molar refractivity (Wildman–Crippen MR) is 232 cm³/mol. The Morgan fingerprint density at radius 3 is 1.08 bits per heavy atom. The van der Waals surface area contributed by atoms with Gasteiger partial charge in [0, 0.05) is 13.0 Å². The van der Waals surface area contributed by atoms with Crippen LogP contribution in [0.2, 0.25) is 0 Å². The second-order valence-corrected chi connectivity index (χ2v) is 16.6. The van der Waals surface area contributed by atoms with Crippen LogP contribution in [0, 0.1) is 0 Å². The Morgan fingerprint density at radius 2 is 0.755 bits per heavy atom. The first-order valence-electron chi connectivity index (χ1n) is 24.0. The van der Waals surface area contributed by atoms with Crippen LogP contribution < -0.4 is 5.32 Å². The predicted octanol–water partition coefficient (Wildman–Crippen LogP) is 14.0. The summed E-state index contributed by atoms with van der Waals surface area (Å²) in [6.07, 6.45) is 54.9. The Morgan fingerprint density at radius 1 is 0.453 bits per heavy atom. The van der Waals surface area contributed by atoms with Crippen LogP contribution >= 0.6 is 0 Å². The van der Waals surface area contributed by atoms with Gasteiger partial charge in [0.1, 0.15) is 0 Å². The van der Waals surface area contributed by atoms with Crippen LogP contribution in [0.3, 0.4) is 0 Å². The molecule has 0 unspecified atom stereocenters. The number of carbonyl (C=O) groups is 1. The second-order valence-electron chi connectivity index (χ2n) is 16.6. The summed E-state index contributed by atoms with van der Waals surface area (Å²) in [5.41, 5.74) is 0. The van der Waals surface area contributed by atoms with Crippen molar-refractivity contribution in [2.45, 2.75) is 276 Å². The molecule has 1 amide bonds. The van der Waals surface area contributed by atoms with E-state index in [4.69, 9.17) is 5.11 Å². The lowest BCUT2D eigenvalue weighted by Crippen LogP contribution is -2.45. The first-order chi connectivity index (χ1) is 26.2. The van der Waals surface area contributed by atoms with Gasteiger partial charge in [0.25, 0.3) is 0 Å². The number of unbranched alkanes of at least 4 members (excludes halogenated alkanes) is 37. The molecular weight excluding hydrogens is 655 g/mol. The minimum atomic E-state index is -0.836. The molecule has 2 atom stereocenters. The van der Waals surface area contributed by atoms with Gasteiger partial charge in [-0.3, -0.25) is 4.79 Å². The SMILES string of the molecule is CCCCCCCCCCCCC/C=C/[C@@H](O)[C@H](CO)NC(=O)CCCCCCCCCCCCCCCCCCCCCCCCCCCCCO. The molecule has 0 radical (unpaired) electrons. The number of nitrogens with one attached hydrogen (secondary N) is 1. The van der Waals surface area contributed by atoms with Crippen LogP contribution in [0.5, 0.6) is 0 Å². The summed E-state index contributed by atoms with van der Waals surface area (Å²) in [6.45, 7) is 2.38.